The summed E-state index contributed by atoms with van der Waals surface area (Å²) in [6.07, 6.45) is 0.937. The van der Waals surface area contributed by atoms with E-state index in [0.717, 1.165) is 35.9 Å². The van der Waals surface area contributed by atoms with Gasteiger partial charge in [0, 0.05) is 36.4 Å². The standard InChI is InChI=1S/C17H17ClN2O/c1-12(21)20-9-8-14-4-7-16(10-17(14)20)19-11-13-2-5-15(18)6-3-13/h2-7,10,19H,8-9,11H2,1H3. The van der Waals surface area contributed by atoms with Crippen molar-refractivity contribution in [2.45, 2.75) is 19.9 Å². The van der Waals surface area contributed by atoms with Crippen molar-refractivity contribution in [3.63, 3.8) is 0 Å². The van der Waals surface area contributed by atoms with Gasteiger partial charge < -0.3 is 10.2 Å². The molecule has 0 saturated carbocycles. The van der Waals surface area contributed by atoms with Crippen molar-refractivity contribution in [3.05, 3.63) is 58.6 Å². The van der Waals surface area contributed by atoms with E-state index >= 15 is 0 Å². The summed E-state index contributed by atoms with van der Waals surface area (Å²) in [5, 5.41) is 4.13. The monoisotopic (exact) mass is 300 g/mol. The molecule has 0 spiro atoms. The van der Waals surface area contributed by atoms with Crippen molar-refractivity contribution >= 4 is 28.9 Å². The molecule has 1 aliphatic heterocycles. The number of nitrogens with one attached hydrogen (secondary N) is 1. The third-order valence-corrected chi connectivity index (χ3v) is 4.02. The highest BCUT2D eigenvalue weighted by molar-refractivity contribution is 6.30. The van der Waals surface area contributed by atoms with Crippen molar-refractivity contribution < 1.29 is 4.79 Å². The average molecular weight is 301 g/mol. The molecule has 0 atom stereocenters. The minimum absolute atomic E-state index is 0.101. The quantitative estimate of drug-likeness (QED) is 0.933. The van der Waals surface area contributed by atoms with Crippen molar-refractivity contribution in [1.29, 1.82) is 0 Å². The molecule has 0 unspecified atom stereocenters. The zero-order valence-electron chi connectivity index (χ0n) is 11.9. The molecule has 2 aromatic rings. The van der Waals surface area contributed by atoms with Crippen LogP contribution in [0.1, 0.15) is 18.1 Å². The van der Waals surface area contributed by atoms with Crippen LogP contribution in [0.4, 0.5) is 11.4 Å². The maximum absolute atomic E-state index is 11.6. The molecule has 0 aliphatic carbocycles. The van der Waals surface area contributed by atoms with E-state index in [4.69, 9.17) is 11.6 Å². The number of benzene rings is 2. The number of amides is 1. The molecular formula is C17H17ClN2O. The maximum Gasteiger partial charge on any atom is 0.223 e. The Morgan fingerprint density at radius 2 is 2.00 bits per heavy atom. The smallest absolute Gasteiger partial charge is 0.223 e. The second kappa shape index (κ2) is 5.78. The van der Waals surface area contributed by atoms with Gasteiger partial charge in [-0.25, -0.2) is 0 Å². The number of carbonyl (C=O) groups is 1. The van der Waals surface area contributed by atoms with Crippen LogP contribution in [0, 0.1) is 0 Å². The molecule has 0 radical (unpaired) electrons. The van der Waals surface area contributed by atoms with Crippen LogP contribution in [-0.4, -0.2) is 12.5 Å². The summed E-state index contributed by atoms with van der Waals surface area (Å²) >= 11 is 5.88. The lowest BCUT2D eigenvalue weighted by molar-refractivity contribution is -0.116. The molecule has 0 bridgehead atoms. The Labute approximate surface area is 129 Å². The maximum atomic E-state index is 11.6. The van der Waals surface area contributed by atoms with Crippen molar-refractivity contribution in [1.82, 2.24) is 0 Å². The molecule has 1 heterocycles. The molecule has 4 heteroatoms. The molecule has 21 heavy (non-hydrogen) atoms. The minimum atomic E-state index is 0.101. The van der Waals surface area contributed by atoms with Gasteiger partial charge in [0.05, 0.1) is 0 Å². The summed E-state index contributed by atoms with van der Waals surface area (Å²) in [7, 11) is 0. The number of carbonyl (C=O) groups excluding carboxylic acids is 1. The van der Waals surface area contributed by atoms with E-state index in [-0.39, 0.29) is 5.91 Å². The first-order chi connectivity index (χ1) is 10.1. The van der Waals surface area contributed by atoms with Crippen LogP contribution in [0.25, 0.3) is 0 Å². The number of nitrogens with zero attached hydrogens (tertiary/aromatic N) is 1. The summed E-state index contributed by atoms with van der Waals surface area (Å²) in [5.74, 6) is 0.101. The third kappa shape index (κ3) is 3.03. The molecule has 1 aliphatic rings. The SMILES string of the molecule is CC(=O)N1CCc2ccc(NCc3ccc(Cl)cc3)cc21. The van der Waals surface area contributed by atoms with Crippen molar-refractivity contribution in [2.24, 2.45) is 0 Å². The molecule has 0 fully saturated rings. The summed E-state index contributed by atoms with van der Waals surface area (Å²) in [6, 6.07) is 14.0. The van der Waals surface area contributed by atoms with E-state index in [1.54, 1.807) is 6.92 Å². The third-order valence-electron chi connectivity index (χ3n) is 3.77. The fourth-order valence-corrected chi connectivity index (χ4v) is 2.75. The lowest BCUT2D eigenvalue weighted by Gasteiger charge is -2.16. The lowest BCUT2D eigenvalue weighted by Crippen LogP contribution is -2.25. The summed E-state index contributed by atoms with van der Waals surface area (Å²) < 4.78 is 0. The highest BCUT2D eigenvalue weighted by Gasteiger charge is 2.22. The van der Waals surface area contributed by atoms with Gasteiger partial charge in [-0.05, 0) is 41.8 Å². The number of hydrogen-bond acceptors (Lipinski definition) is 2. The zero-order valence-corrected chi connectivity index (χ0v) is 12.7. The van der Waals surface area contributed by atoms with Gasteiger partial charge in [-0.15, -0.1) is 0 Å². The molecule has 3 nitrogen and oxygen atoms in total. The van der Waals surface area contributed by atoms with Crippen LogP contribution in [0.2, 0.25) is 5.02 Å². The molecule has 108 valence electrons. The minimum Gasteiger partial charge on any atom is -0.381 e. The van der Waals surface area contributed by atoms with Crippen LogP contribution in [0.15, 0.2) is 42.5 Å². The first-order valence-corrected chi connectivity index (χ1v) is 7.40. The van der Waals surface area contributed by atoms with Crippen LogP contribution >= 0.6 is 11.6 Å². The molecule has 0 saturated heterocycles. The van der Waals surface area contributed by atoms with Gasteiger partial charge >= 0.3 is 0 Å². The largest absolute Gasteiger partial charge is 0.381 e. The Morgan fingerprint density at radius 3 is 2.71 bits per heavy atom. The number of fused-ring (bicyclic) bond motifs is 1. The Bertz CT molecular complexity index is 667. The summed E-state index contributed by atoms with van der Waals surface area (Å²) in [6.45, 7) is 3.13. The normalized spacial score (nSPS) is 13.1. The van der Waals surface area contributed by atoms with E-state index in [1.807, 2.05) is 29.2 Å². The number of anilines is 2. The van der Waals surface area contributed by atoms with Gasteiger partial charge in [-0.2, -0.15) is 0 Å². The van der Waals surface area contributed by atoms with E-state index in [9.17, 15) is 4.79 Å². The predicted octanol–water partition coefficient (Wildman–Crippen LogP) is 3.86. The van der Waals surface area contributed by atoms with Crippen molar-refractivity contribution in [3.8, 4) is 0 Å². The van der Waals surface area contributed by atoms with E-state index in [1.165, 1.54) is 11.1 Å². The van der Waals surface area contributed by atoms with Gasteiger partial charge in [-0.3, -0.25) is 4.79 Å². The molecule has 3 rings (SSSR count). The number of rotatable bonds is 3. The second-order valence-electron chi connectivity index (χ2n) is 5.24. The van der Waals surface area contributed by atoms with Crippen LogP contribution in [0.3, 0.4) is 0 Å². The molecular weight excluding hydrogens is 284 g/mol. The topological polar surface area (TPSA) is 32.3 Å². The van der Waals surface area contributed by atoms with Gasteiger partial charge in [0.25, 0.3) is 0 Å². The zero-order chi connectivity index (χ0) is 14.8. The van der Waals surface area contributed by atoms with Crippen molar-refractivity contribution in [2.75, 3.05) is 16.8 Å². The Hall–Kier alpha value is -2.00. The van der Waals surface area contributed by atoms with E-state index in [2.05, 4.69) is 23.5 Å². The van der Waals surface area contributed by atoms with E-state index < -0.39 is 0 Å². The van der Waals surface area contributed by atoms with Gasteiger partial charge in [0.15, 0.2) is 0 Å². The number of halogens is 1. The Kier molecular flexibility index (Phi) is 3.84. The molecule has 1 amide bonds. The number of hydrogen-bond donors (Lipinski definition) is 1. The van der Waals surface area contributed by atoms with Crippen LogP contribution in [-0.2, 0) is 17.8 Å². The second-order valence-corrected chi connectivity index (χ2v) is 5.68. The van der Waals surface area contributed by atoms with Gasteiger partial charge in [0.1, 0.15) is 0 Å². The fraction of sp³-hybridized carbons (Fsp3) is 0.235. The first-order valence-electron chi connectivity index (χ1n) is 7.03. The molecule has 0 aromatic heterocycles. The average Bonchev–Trinajstić information content (AvgIpc) is 2.90. The molecule has 1 N–H and O–H groups in total. The van der Waals surface area contributed by atoms with Crippen LogP contribution in [0.5, 0.6) is 0 Å². The Balaban J connectivity index is 1.74. The fourth-order valence-electron chi connectivity index (χ4n) is 2.62. The van der Waals surface area contributed by atoms with Gasteiger partial charge in [-0.1, -0.05) is 29.8 Å². The van der Waals surface area contributed by atoms with E-state index in [0.29, 0.717) is 0 Å². The lowest BCUT2D eigenvalue weighted by atomic mass is 10.1. The highest BCUT2D eigenvalue weighted by Crippen LogP contribution is 2.31. The Morgan fingerprint density at radius 1 is 1.24 bits per heavy atom. The predicted molar refractivity (Wildman–Crippen MR) is 87.0 cm³/mol. The summed E-state index contributed by atoms with van der Waals surface area (Å²) in [4.78, 5) is 13.5. The highest BCUT2D eigenvalue weighted by atomic mass is 35.5. The first kappa shape index (κ1) is 14.0. The van der Waals surface area contributed by atoms with Gasteiger partial charge in [0.2, 0.25) is 5.91 Å². The molecule has 2 aromatic carbocycles. The summed E-state index contributed by atoms with van der Waals surface area (Å²) in [5.41, 5.74) is 4.46. The van der Waals surface area contributed by atoms with Crippen LogP contribution < -0.4 is 10.2 Å².